The topological polar surface area (TPSA) is 49.6 Å². The molecule has 0 saturated heterocycles. The SMILES string of the molecule is c1ccc(-c2ccc(C3=NC(c4ccc5c(c4)Sc4cc(-c6cccc7cccnc67)ccc4C54c5ccccc5-c5ccccc54)N=C(c4ccc(-c5ccccc5)cc4)N3)cc2)cc1. The third-order valence-corrected chi connectivity index (χ3v) is 14.6. The van der Waals surface area contributed by atoms with Gasteiger partial charge in [0.15, 0.2) is 6.17 Å². The summed E-state index contributed by atoms with van der Waals surface area (Å²) in [7, 11) is 0. The minimum absolute atomic E-state index is 0.488. The molecular weight excluding hydrogens is 821 g/mol. The molecule has 3 heterocycles. The highest BCUT2D eigenvalue weighted by molar-refractivity contribution is 7.99. The van der Waals surface area contributed by atoms with Gasteiger partial charge in [-0.2, -0.15) is 0 Å². The van der Waals surface area contributed by atoms with Crippen LogP contribution in [0.4, 0.5) is 0 Å². The van der Waals surface area contributed by atoms with E-state index in [1.807, 2.05) is 24.0 Å². The lowest BCUT2D eigenvalue weighted by Gasteiger charge is -2.40. The van der Waals surface area contributed by atoms with E-state index in [-0.39, 0.29) is 0 Å². The third-order valence-electron chi connectivity index (χ3n) is 13.5. The Morgan fingerprint density at radius 2 is 0.864 bits per heavy atom. The van der Waals surface area contributed by atoms with Crippen LogP contribution < -0.4 is 5.32 Å². The van der Waals surface area contributed by atoms with Crippen molar-refractivity contribution in [3.63, 3.8) is 0 Å². The van der Waals surface area contributed by atoms with Crippen molar-refractivity contribution in [2.45, 2.75) is 21.4 Å². The first-order valence-electron chi connectivity index (χ1n) is 22.4. The van der Waals surface area contributed by atoms with E-state index < -0.39 is 11.6 Å². The summed E-state index contributed by atoms with van der Waals surface area (Å²) in [6.07, 6.45) is 1.40. The molecule has 3 aliphatic rings. The molecular formula is C61H40N4S. The molecule has 0 radical (unpaired) electrons. The number of para-hydroxylation sites is 1. The number of rotatable bonds is 6. The van der Waals surface area contributed by atoms with Crippen molar-refractivity contribution in [2.24, 2.45) is 9.98 Å². The van der Waals surface area contributed by atoms with Gasteiger partial charge in [0.25, 0.3) is 0 Å². The number of hydrogen-bond acceptors (Lipinski definition) is 5. The molecule has 310 valence electrons. The molecule has 10 aromatic rings. The summed E-state index contributed by atoms with van der Waals surface area (Å²) in [4.78, 5) is 18.1. The highest BCUT2D eigenvalue weighted by atomic mass is 32.2. The van der Waals surface area contributed by atoms with Crippen LogP contribution in [0.5, 0.6) is 0 Å². The maximum Gasteiger partial charge on any atom is 0.169 e. The van der Waals surface area contributed by atoms with Crippen molar-refractivity contribution in [3.05, 3.63) is 270 Å². The van der Waals surface area contributed by atoms with Gasteiger partial charge in [-0.3, -0.25) is 4.98 Å². The first-order valence-corrected chi connectivity index (χ1v) is 23.3. The van der Waals surface area contributed by atoms with Gasteiger partial charge in [0.1, 0.15) is 11.7 Å². The van der Waals surface area contributed by atoms with E-state index in [2.05, 4.69) is 224 Å². The monoisotopic (exact) mass is 860 g/mol. The average molecular weight is 861 g/mol. The molecule has 1 spiro atoms. The van der Waals surface area contributed by atoms with Gasteiger partial charge in [-0.15, -0.1) is 0 Å². The van der Waals surface area contributed by atoms with Crippen molar-refractivity contribution in [1.82, 2.24) is 10.3 Å². The number of aromatic nitrogens is 1. The summed E-state index contributed by atoms with van der Waals surface area (Å²) in [5.41, 5.74) is 18.2. The van der Waals surface area contributed by atoms with E-state index in [1.54, 1.807) is 0 Å². The van der Waals surface area contributed by atoms with Crippen molar-refractivity contribution in [1.29, 1.82) is 0 Å². The number of aliphatic imine (C=N–C) groups is 2. The average Bonchev–Trinajstić information content (AvgIpc) is 3.69. The Hall–Kier alpha value is -8.12. The summed E-state index contributed by atoms with van der Waals surface area (Å²) in [5, 5.41) is 4.80. The fourth-order valence-electron chi connectivity index (χ4n) is 10.4. The van der Waals surface area contributed by atoms with Gasteiger partial charge in [-0.1, -0.05) is 218 Å². The van der Waals surface area contributed by atoms with Gasteiger partial charge >= 0.3 is 0 Å². The molecule has 0 bridgehead atoms. The fraction of sp³-hybridized carbons (Fsp3) is 0.0328. The fourth-order valence-corrected chi connectivity index (χ4v) is 11.7. The number of nitrogens with zero attached hydrogens (tertiary/aromatic N) is 3. The largest absolute Gasteiger partial charge is 0.324 e. The second kappa shape index (κ2) is 15.5. The molecule has 66 heavy (non-hydrogen) atoms. The number of fused-ring (bicyclic) bond motifs is 10. The van der Waals surface area contributed by atoms with Gasteiger partial charge in [0, 0.05) is 38.1 Å². The van der Waals surface area contributed by atoms with Crippen molar-refractivity contribution >= 4 is 34.3 Å². The van der Waals surface area contributed by atoms with Crippen LogP contribution in [-0.2, 0) is 5.41 Å². The Labute approximate surface area is 388 Å². The molecule has 13 rings (SSSR count). The van der Waals surface area contributed by atoms with Gasteiger partial charge in [0.05, 0.1) is 10.9 Å². The molecule has 1 aliphatic carbocycles. The summed E-state index contributed by atoms with van der Waals surface area (Å²) >= 11 is 1.85. The molecule has 0 unspecified atom stereocenters. The number of nitrogens with one attached hydrogen (secondary N) is 1. The number of benzene rings is 9. The lowest BCUT2D eigenvalue weighted by molar-refractivity contribution is 0.711. The zero-order chi connectivity index (χ0) is 43.6. The van der Waals surface area contributed by atoms with Gasteiger partial charge < -0.3 is 5.32 Å². The van der Waals surface area contributed by atoms with E-state index in [9.17, 15) is 0 Å². The minimum atomic E-state index is -0.519. The molecule has 0 fully saturated rings. The van der Waals surface area contributed by atoms with Crippen LogP contribution >= 0.6 is 11.8 Å². The van der Waals surface area contributed by atoms with Gasteiger partial charge in [-0.05, 0) is 85.0 Å². The Morgan fingerprint density at radius 3 is 1.48 bits per heavy atom. The van der Waals surface area contributed by atoms with Crippen molar-refractivity contribution in [3.8, 4) is 44.5 Å². The Balaban J connectivity index is 0.970. The van der Waals surface area contributed by atoms with Crippen molar-refractivity contribution < 1.29 is 0 Å². The molecule has 1 N–H and O–H groups in total. The predicted molar refractivity (Wildman–Crippen MR) is 271 cm³/mol. The molecule has 4 nitrogen and oxygen atoms in total. The van der Waals surface area contributed by atoms with E-state index >= 15 is 0 Å². The van der Waals surface area contributed by atoms with E-state index in [0.717, 1.165) is 61.5 Å². The summed E-state index contributed by atoms with van der Waals surface area (Å²) in [6, 6.07) is 81.0. The molecule has 2 aliphatic heterocycles. The summed E-state index contributed by atoms with van der Waals surface area (Å²) < 4.78 is 0. The van der Waals surface area contributed by atoms with Crippen LogP contribution in [0, 0.1) is 0 Å². The number of hydrogen-bond donors (Lipinski definition) is 1. The Morgan fingerprint density at radius 1 is 0.379 bits per heavy atom. The molecule has 1 aromatic heterocycles. The lowest BCUT2D eigenvalue weighted by atomic mass is 9.67. The smallest absolute Gasteiger partial charge is 0.169 e. The van der Waals surface area contributed by atoms with Crippen molar-refractivity contribution in [2.75, 3.05) is 0 Å². The molecule has 9 aromatic carbocycles. The lowest BCUT2D eigenvalue weighted by Crippen LogP contribution is -2.36. The second-order valence-electron chi connectivity index (χ2n) is 17.1. The van der Waals surface area contributed by atoms with Crippen LogP contribution in [0.2, 0.25) is 0 Å². The molecule has 0 saturated carbocycles. The summed E-state index contributed by atoms with van der Waals surface area (Å²) in [5.74, 6) is 1.58. The Kier molecular flexibility index (Phi) is 9.03. The molecule has 0 atom stereocenters. The predicted octanol–water partition coefficient (Wildman–Crippen LogP) is 14.6. The van der Waals surface area contributed by atoms with Crippen LogP contribution in [0.25, 0.3) is 55.4 Å². The Bertz CT molecular complexity index is 3430. The van der Waals surface area contributed by atoms with Crippen LogP contribution in [0.1, 0.15) is 45.1 Å². The van der Waals surface area contributed by atoms with Crippen LogP contribution in [0.3, 0.4) is 0 Å². The quantitative estimate of drug-likeness (QED) is 0.181. The zero-order valence-electron chi connectivity index (χ0n) is 35.8. The first kappa shape index (κ1) is 38.3. The third kappa shape index (κ3) is 6.19. The van der Waals surface area contributed by atoms with Gasteiger partial charge in [0.2, 0.25) is 0 Å². The maximum atomic E-state index is 5.40. The highest BCUT2D eigenvalue weighted by Gasteiger charge is 2.50. The minimum Gasteiger partial charge on any atom is -0.324 e. The highest BCUT2D eigenvalue weighted by Crippen LogP contribution is 2.62. The van der Waals surface area contributed by atoms with Gasteiger partial charge in [-0.25, -0.2) is 9.98 Å². The second-order valence-corrected chi connectivity index (χ2v) is 18.2. The standard InChI is InChI=1S/C61H40N4S/c1-3-13-39(14-4-1)41-24-28-44(29-25-41)58-63-59(45-30-26-42(27-31-45)40-15-5-2-6-16-40)65-60(64-58)47-33-35-54-56(38-47)66-55-37-46(48-21-11-17-43-18-12-36-62-57(43)48)32-34-53(55)61(54)51-22-9-7-19-49(51)50-20-8-10-23-52(50)61/h1-38,60H,(H,63,64,65). The van der Waals surface area contributed by atoms with Crippen LogP contribution in [-0.4, -0.2) is 16.7 Å². The van der Waals surface area contributed by atoms with Crippen LogP contribution in [0.15, 0.2) is 250 Å². The molecule has 5 heteroatoms. The molecule has 0 amide bonds. The maximum absolute atomic E-state index is 5.40. The normalized spacial score (nSPS) is 14.4. The number of pyridine rings is 1. The zero-order valence-corrected chi connectivity index (χ0v) is 36.6. The van der Waals surface area contributed by atoms with E-state index in [0.29, 0.717) is 0 Å². The van der Waals surface area contributed by atoms with E-state index in [4.69, 9.17) is 15.0 Å². The summed E-state index contributed by atoms with van der Waals surface area (Å²) in [6.45, 7) is 0. The number of amidine groups is 2. The first-order chi connectivity index (χ1) is 32.7. The van der Waals surface area contributed by atoms with E-state index in [1.165, 1.54) is 54.3 Å².